The Morgan fingerprint density at radius 2 is 0.654 bits per heavy atom. The van der Waals surface area contributed by atoms with Crippen molar-refractivity contribution in [3.8, 4) is 22.5 Å². The van der Waals surface area contributed by atoms with E-state index in [1.807, 2.05) is 22.7 Å². The van der Waals surface area contributed by atoms with Gasteiger partial charge >= 0.3 is 0 Å². The Bertz CT molecular complexity index is 3160. The number of fused-ring (bicyclic) bond motifs is 12. The molecule has 0 aliphatic rings. The summed E-state index contributed by atoms with van der Waals surface area (Å²) in [5.74, 6) is 0. The third-order valence-corrected chi connectivity index (χ3v) is 13.2. The fraction of sp³-hybridized carbons (Fsp3) is 0. The highest BCUT2D eigenvalue weighted by Gasteiger charge is 2.17. The van der Waals surface area contributed by atoms with Crippen LogP contribution in [0.4, 0.5) is 0 Å². The Morgan fingerprint density at radius 3 is 1.10 bits per heavy atom. The predicted molar refractivity (Wildman–Crippen MR) is 226 cm³/mol. The highest BCUT2D eigenvalue weighted by Crippen LogP contribution is 2.42. The summed E-state index contributed by atoms with van der Waals surface area (Å²) in [6, 6.07) is 62.8. The van der Waals surface area contributed by atoms with E-state index in [1.54, 1.807) is 0 Å². The van der Waals surface area contributed by atoms with Gasteiger partial charge in [-0.2, -0.15) is 0 Å². The van der Waals surface area contributed by atoms with Gasteiger partial charge in [-0.05, 0) is 83.9 Å². The van der Waals surface area contributed by atoms with Gasteiger partial charge in [0.15, 0.2) is 0 Å². The van der Waals surface area contributed by atoms with Crippen molar-refractivity contribution in [2.24, 2.45) is 0 Å². The molecule has 0 bridgehead atoms. The van der Waals surface area contributed by atoms with E-state index >= 15 is 0 Å². The van der Waals surface area contributed by atoms with Gasteiger partial charge in [0.05, 0.1) is 22.1 Å². The summed E-state index contributed by atoms with van der Waals surface area (Å²) < 4.78 is 10.2. The molecule has 242 valence electrons. The Hall–Kier alpha value is -6.20. The van der Waals surface area contributed by atoms with E-state index in [0.29, 0.717) is 0 Å². The molecule has 12 aromatic rings. The highest BCUT2D eigenvalue weighted by molar-refractivity contribution is 7.26. The van der Waals surface area contributed by atoms with Gasteiger partial charge in [-0.3, -0.25) is 0 Å². The summed E-state index contributed by atoms with van der Waals surface area (Å²) in [6.45, 7) is 0. The number of hydrogen-bond donors (Lipinski definition) is 0. The minimum Gasteiger partial charge on any atom is -0.309 e. The molecule has 0 amide bonds. The van der Waals surface area contributed by atoms with Gasteiger partial charge in [0.1, 0.15) is 0 Å². The normalized spacial score (nSPS) is 12.2. The Morgan fingerprint density at radius 1 is 0.269 bits per heavy atom. The van der Waals surface area contributed by atoms with Crippen molar-refractivity contribution in [3.63, 3.8) is 0 Å². The summed E-state index contributed by atoms with van der Waals surface area (Å²) in [4.78, 5) is 0. The molecule has 12 rings (SSSR count). The highest BCUT2D eigenvalue weighted by atomic mass is 32.1. The first-order chi connectivity index (χ1) is 25.8. The standard InChI is InChI=1S/C48H28N2S2/c1-5-13-41-33(9-1)37-25-39-35-11-3-7-15-45(35)51-47(39)27-43(37)49(41)31-21-17-29(18-22-31)30-19-23-32(24-20-30)50-42-14-6-2-10-34(42)38-26-40-36-12-4-8-16-46(36)52-48(40)28-44(38)50/h1-28H. The number of benzene rings is 8. The molecule has 0 atom stereocenters. The van der Waals surface area contributed by atoms with Crippen LogP contribution in [0.5, 0.6) is 0 Å². The van der Waals surface area contributed by atoms with Gasteiger partial charge in [0.25, 0.3) is 0 Å². The minimum absolute atomic E-state index is 1.17. The van der Waals surface area contributed by atoms with Crippen molar-refractivity contribution >= 4 is 107 Å². The zero-order valence-corrected chi connectivity index (χ0v) is 29.5. The molecule has 0 spiro atoms. The van der Waals surface area contributed by atoms with Crippen LogP contribution >= 0.6 is 22.7 Å². The molecule has 8 aromatic carbocycles. The lowest BCUT2D eigenvalue weighted by atomic mass is 10.0. The van der Waals surface area contributed by atoms with Crippen LogP contribution < -0.4 is 0 Å². The van der Waals surface area contributed by atoms with Crippen LogP contribution in [0, 0.1) is 0 Å². The molecule has 52 heavy (non-hydrogen) atoms. The summed E-state index contributed by atoms with van der Waals surface area (Å²) in [6.07, 6.45) is 0. The molecular formula is C48H28N2S2. The molecule has 2 nitrogen and oxygen atoms in total. The van der Waals surface area contributed by atoms with Gasteiger partial charge in [-0.25, -0.2) is 0 Å². The Labute approximate surface area is 306 Å². The minimum atomic E-state index is 1.17. The maximum atomic E-state index is 2.43. The Kier molecular flexibility index (Phi) is 5.84. The molecular weight excluding hydrogens is 669 g/mol. The molecule has 0 radical (unpaired) electrons. The lowest BCUT2D eigenvalue weighted by molar-refractivity contribution is 1.18. The SMILES string of the molecule is c1ccc2c(c1)sc1cc3c(cc12)c1ccccc1n3-c1ccc(-c2ccc(-n3c4ccccc4c4cc5c(cc43)sc3ccccc35)cc2)cc1. The fourth-order valence-corrected chi connectivity index (χ4v) is 10.8. The van der Waals surface area contributed by atoms with Crippen molar-refractivity contribution in [3.05, 3.63) is 170 Å². The van der Waals surface area contributed by atoms with Crippen molar-refractivity contribution in [2.45, 2.75) is 0 Å². The lowest BCUT2D eigenvalue weighted by Gasteiger charge is -2.11. The number of para-hydroxylation sites is 2. The maximum absolute atomic E-state index is 2.43. The second-order valence-corrected chi connectivity index (χ2v) is 15.9. The van der Waals surface area contributed by atoms with E-state index in [1.165, 1.54) is 106 Å². The third kappa shape index (κ3) is 3.99. The van der Waals surface area contributed by atoms with Crippen molar-refractivity contribution in [1.29, 1.82) is 0 Å². The molecule has 0 aliphatic heterocycles. The molecule has 0 saturated carbocycles. The quantitative estimate of drug-likeness (QED) is 0.174. The van der Waals surface area contributed by atoms with Gasteiger partial charge in [0, 0.05) is 73.3 Å². The second-order valence-electron chi connectivity index (χ2n) is 13.7. The average molecular weight is 697 g/mol. The van der Waals surface area contributed by atoms with Crippen LogP contribution in [0.25, 0.3) is 106 Å². The molecule has 0 unspecified atom stereocenters. The summed E-state index contributed by atoms with van der Waals surface area (Å²) in [5, 5.41) is 10.5. The first-order valence-electron chi connectivity index (χ1n) is 17.7. The van der Waals surface area contributed by atoms with Gasteiger partial charge in [-0.1, -0.05) is 97.1 Å². The molecule has 0 aliphatic carbocycles. The van der Waals surface area contributed by atoms with Crippen LogP contribution in [-0.4, -0.2) is 9.13 Å². The monoisotopic (exact) mass is 696 g/mol. The van der Waals surface area contributed by atoms with E-state index in [9.17, 15) is 0 Å². The first-order valence-corrected chi connectivity index (χ1v) is 19.3. The van der Waals surface area contributed by atoms with E-state index < -0.39 is 0 Å². The average Bonchev–Trinajstić information content (AvgIpc) is 3.93. The van der Waals surface area contributed by atoms with Gasteiger partial charge in [0.2, 0.25) is 0 Å². The van der Waals surface area contributed by atoms with E-state index in [-0.39, 0.29) is 0 Å². The number of thiophene rings is 2. The molecule has 4 heterocycles. The van der Waals surface area contributed by atoms with Crippen molar-refractivity contribution in [2.75, 3.05) is 0 Å². The topological polar surface area (TPSA) is 9.86 Å². The zero-order valence-electron chi connectivity index (χ0n) is 27.9. The second kappa shape index (κ2) is 10.7. The van der Waals surface area contributed by atoms with Crippen LogP contribution in [0.3, 0.4) is 0 Å². The number of nitrogens with zero attached hydrogens (tertiary/aromatic N) is 2. The van der Waals surface area contributed by atoms with Crippen LogP contribution in [0.1, 0.15) is 0 Å². The number of aromatic nitrogens is 2. The number of rotatable bonds is 3. The van der Waals surface area contributed by atoms with Gasteiger partial charge < -0.3 is 9.13 Å². The summed E-state index contributed by atoms with van der Waals surface area (Å²) in [7, 11) is 0. The Balaban J connectivity index is 0.958. The van der Waals surface area contributed by atoms with Crippen LogP contribution in [-0.2, 0) is 0 Å². The first kappa shape index (κ1) is 28.5. The van der Waals surface area contributed by atoms with Gasteiger partial charge in [-0.15, -0.1) is 22.7 Å². The van der Waals surface area contributed by atoms with Crippen LogP contribution in [0.2, 0.25) is 0 Å². The van der Waals surface area contributed by atoms with E-state index in [0.717, 1.165) is 0 Å². The smallest absolute Gasteiger partial charge is 0.0555 e. The molecule has 4 heteroatoms. The fourth-order valence-electron chi connectivity index (χ4n) is 8.54. The van der Waals surface area contributed by atoms with Crippen molar-refractivity contribution < 1.29 is 0 Å². The van der Waals surface area contributed by atoms with E-state index in [2.05, 4.69) is 179 Å². The molecule has 4 aromatic heterocycles. The maximum Gasteiger partial charge on any atom is 0.0555 e. The summed E-state index contributed by atoms with van der Waals surface area (Å²) >= 11 is 3.75. The zero-order chi connectivity index (χ0) is 33.9. The predicted octanol–water partition coefficient (Wildman–Crippen LogP) is 14.3. The molecule has 0 fully saturated rings. The lowest BCUT2D eigenvalue weighted by Crippen LogP contribution is -1.94. The number of hydrogen-bond acceptors (Lipinski definition) is 2. The molecule has 0 N–H and O–H groups in total. The molecule has 0 saturated heterocycles. The van der Waals surface area contributed by atoms with Crippen molar-refractivity contribution in [1.82, 2.24) is 9.13 Å². The van der Waals surface area contributed by atoms with Crippen LogP contribution in [0.15, 0.2) is 170 Å². The van der Waals surface area contributed by atoms with E-state index in [4.69, 9.17) is 0 Å². The largest absolute Gasteiger partial charge is 0.309 e. The summed E-state index contributed by atoms with van der Waals surface area (Å²) in [5.41, 5.74) is 9.71. The third-order valence-electron chi connectivity index (χ3n) is 10.9.